The molecule has 0 bridgehead atoms. The van der Waals surface area contributed by atoms with Crippen LogP contribution in [0.5, 0.6) is 5.75 Å². The minimum Gasteiger partial charge on any atom is -0.400 e. The van der Waals surface area contributed by atoms with E-state index < -0.39 is 37.4 Å². The topological polar surface area (TPSA) is 115 Å². The van der Waals surface area contributed by atoms with Crippen LogP contribution in [0.15, 0.2) is 23.1 Å². The van der Waals surface area contributed by atoms with E-state index in [1.807, 2.05) is 26.0 Å². The predicted molar refractivity (Wildman–Crippen MR) is 123 cm³/mol. The van der Waals surface area contributed by atoms with E-state index in [0.29, 0.717) is 12.2 Å². The quantitative estimate of drug-likeness (QED) is 0.337. The first kappa shape index (κ1) is 26.0. The first-order chi connectivity index (χ1) is 15.5. The number of aliphatic hydroxyl groups excluding tert-OH is 1. The highest BCUT2D eigenvalue weighted by Crippen LogP contribution is 2.64. The third kappa shape index (κ3) is 5.57. The number of aryl methyl sites for hydroxylation is 2. The van der Waals surface area contributed by atoms with Crippen LogP contribution in [0.1, 0.15) is 35.8 Å². The third-order valence-corrected chi connectivity index (χ3v) is 6.81. The van der Waals surface area contributed by atoms with Crippen molar-refractivity contribution in [3.8, 4) is 5.75 Å². The highest BCUT2D eigenvalue weighted by atomic mass is 32.1. The van der Waals surface area contributed by atoms with Gasteiger partial charge in [0.15, 0.2) is 11.6 Å². The van der Waals surface area contributed by atoms with Crippen molar-refractivity contribution in [1.82, 2.24) is 9.55 Å². The van der Waals surface area contributed by atoms with Crippen LogP contribution in [-0.2, 0) is 20.4 Å². The van der Waals surface area contributed by atoms with Crippen LogP contribution in [0.4, 0.5) is 4.39 Å². The molecule has 1 aromatic carbocycles. The number of ether oxygens (including phenoxy) is 1. The summed E-state index contributed by atoms with van der Waals surface area (Å²) >= 11 is 4.71. The molecule has 174 valence electrons. The summed E-state index contributed by atoms with van der Waals surface area (Å²) < 4.78 is 36.9. The van der Waals surface area contributed by atoms with E-state index in [2.05, 4.69) is 4.98 Å². The summed E-state index contributed by atoms with van der Waals surface area (Å²) in [5, 5.41) is 5.00. The van der Waals surface area contributed by atoms with Gasteiger partial charge in [0.05, 0.1) is 17.7 Å². The molecule has 2 aliphatic rings. The summed E-state index contributed by atoms with van der Waals surface area (Å²) in [6, 6.07) is 3.79. The van der Waals surface area contributed by atoms with E-state index in [4.69, 9.17) is 51.3 Å². The Balaban J connectivity index is 0.00000149. The van der Waals surface area contributed by atoms with Crippen LogP contribution in [0.2, 0.25) is 0 Å². The van der Waals surface area contributed by atoms with Gasteiger partial charge in [0.25, 0.3) is 0 Å². The summed E-state index contributed by atoms with van der Waals surface area (Å²) in [7, 11) is 9.30. The average Bonchev–Trinajstić information content (AvgIpc) is 3.23. The van der Waals surface area contributed by atoms with Crippen LogP contribution in [-0.4, -0.2) is 53.9 Å². The van der Waals surface area contributed by atoms with Gasteiger partial charge in [0, 0.05) is 12.7 Å². The number of nitrogens with zero attached hydrogens (tertiary/aromatic N) is 1. The Morgan fingerprint density at radius 1 is 1.33 bits per heavy atom. The first-order valence-electron chi connectivity index (χ1n) is 9.93. The smallest absolute Gasteiger partial charge is 0.400 e. The fourth-order valence-electron chi connectivity index (χ4n) is 3.71. The van der Waals surface area contributed by atoms with Gasteiger partial charge in [-0.2, -0.15) is 9.42 Å². The number of aliphatic hydroxyl groups is 1. The summed E-state index contributed by atoms with van der Waals surface area (Å²) in [5.74, 6) is -0.312. The number of H-pyrrole nitrogens is 1. The Morgan fingerprint density at radius 3 is 2.73 bits per heavy atom. The monoisotopic (exact) mass is 495 g/mol. The van der Waals surface area contributed by atoms with E-state index in [9.17, 15) is 14.1 Å². The largest absolute Gasteiger partial charge is 0.618 e. The molecule has 33 heavy (non-hydrogen) atoms. The van der Waals surface area contributed by atoms with Gasteiger partial charge >= 0.3 is 13.9 Å². The Kier molecular flexibility index (Phi) is 7.85. The number of hydrogen-bond acceptors (Lipinski definition) is 8. The molecule has 4 rings (SSSR count). The van der Waals surface area contributed by atoms with Gasteiger partial charge < -0.3 is 9.84 Å². The summed E-state index contributed by atoms with van der Waals surface area (Å²) in [6.45, 7) is 3.84. The van der Waals surface area contributed by atoms with Crippen molar-refractivity contribution < 1.29 is 32.7 Å². The molecule has 14 heteroatoms. The summed E-state index contributed by atoms with van der Waals surface area (Å²) in [5.41, 5.74) is 1.97. The molecule has 1 fully saturated rings. The van der Waals surface area contributed by atoms with Crippen molar-refractivity contribution in [3.05, 3.63) is 56.0 Å². The minimum absolute atomic E-state index is 0.0598. The van der Waals surface area contributed by atoms with Crippen LogP contribution in [0.25, 0.3) is 0 Å². The van der Waals surface area contributed by atoms with Crippen molar-refractivity contribution in [3.63, 3.8) is 0 Å². The van der Waals surface area contributed by atoms with Gasteiger partial charge in [0.1, 0.15) is 33.2 Å². The summed E-state index contributed by atoms with van der Waals surface area (Å²) in [4.78, 5) is 25.1. The van der Waals surface area contributed by atoms with Crippen molar-refractivity contribution in [1.29, 1.82) is 0 Å². The zero-order chi connectivity index (χ0) is 24.6. The molecular formula is C19H23B2FN2O7PS+. The maximum atomic E-state index is 13.8. The maximum Gasteiger partial charge on any atom is 0.618 e. The molecule has 0 spiro atoms. The zero-order valence-electron chi connectivity index (χ0n) is 18.3. The molecule has 3 heterocycles. The highest BCUT2D eigenvalue weighted by Gasteiger charge is 2.56. The molecule has 0 saturated carbocycles. The van der Waals surface area contributed by atoms with Crippen molar-refractivity contribution in [2.24, 2.45) is 0 Å². The molecule has 2 aromatic rings. The second kappa shape index (κ2) is 9.95. The third-order valence-electron chi connectivity index (χ3n) is 5.09. The number of aromatic nitrogens is 2. The lowest BCUT2D eigenvalue weighted by molar-refractivity contribution is -0.0563. The molecule has 0 aliphatic carbocycles. The van der Waals surface area contributed by atoms with Gasteiger partial charge in [-0.1, -0.05) is 23.8 Å². The van der Waals surface area contributed by atoms with E-state index in [1.54, 1.807) is 0 Å². The van der Waals surface area contributed by atoms with E-state index >= 15 is 0 Å². The lowest BCUT2D eigenvalue weighted by Gasteiger charge is -2.33. The fourth-order valence-corrected chi connectivity index (χ4v) is 5.30. The van der Waals surface area contributed by atoms with Crippen LogP contribution in [0, 0.1) is 24.3 Å². The SMILES string of the molecule is CO.[B]C([B])(O[P+]1(O)OCc2cc(C)cc(C)c2O1)C1CCC(n2cc(F)c(=S)[nH]c2=O)O1. The average molecular weight is 495 g/mol. The normalized spacial score (nSPS) is 24.4. The zero-order valence-corrected chi connectivity index (χ0v) is 20.0. The van der Waals surface area contributed by atoms with Crippen molar-refractivity contribution in [2.45, 2.75) is 51.0 Å². The van der Waals surface area contributed by atoms with Crippen LogP contribution < -0.4 is 10.2 Å². The minimum atomic E-state index is -3.91. The molecule has 0 amide bonds. The van der Waals surface area contributed by atoms with Crippen molar-refractivity contribution >= 4 is 36.1 Å². The van der Waals surface area contributed by atoms with Crippen LogP contribution in [0.3, 0.4) is 0 Å². The Bertz CT molecular complexity index is 1150. The molecule has 1 saturated heterocycles. The number of fused-ring (bicyclic) bond motifs is 1. The molecule has 3 unspecified atom stereocenters. The molecular weight excluding hydrogens is 472 g/mol. The molecule has 9 nitrogen and oxygen atoms in total. The Hall–Kier alpha value is -1.59. The molecule has 4 radical (unpaired) electrons. The standard InChI is InChI=1S/C18H18B2FN2O6PS.CH4O/c1-9-5-10(2)15-11(6-9)8-26-30(25,28-15)29-18(19,20)13-3-4-14(27-13)23-7-12(21)16(31)22-17(23)24;1-2/h5-7,13-14,25H,3-4,8H2,1-2H3;2H,1H3/p+1. The lowest BCUT2D eigenvalue weighted by atomic mass is 9.61. The molecule has 1 aromatic heterocycles. The van der Waals surface area contributed by atoms with Gasteiger partial charge in [-0.3, -0.25) is 14.1 Å². The molecule has 3 atom stereocenters. The predicted octanol–water partition coefficient (Wildman–Crippen LogP) is 2.23. The van der Waals surface area contributed by atoms with Gasteiger partial charge in [0.2, 0.25) is 0 Å². The van der Waals surface area contributed by atoms with E-state index in [-0.39, 0.29) is 17.7 Å². The number of hydrogen-bond donors (Lipinski definition) is 3. The second-order valence-corrected chi connectivity index (χ2v) is 9.62. The number of nitrogens with one attached hydrogen (secondary N) is 1. The number of halogens is 1. The second-order valence-electron chi connectivity index (χ2n) is 7.65. The van der Waals surface area contributed by atoms with Gasteiger partial charge in [-0.05, 0) is 38.3 Å². The number of benzene rings is 1. The number of rotatable bonds is 4. The van der Waals surface area contributed by atoms with Gasteiger partial charge in [-0.15, -0.1) is 4.52 Å². The van der Waals surface area contributed by atoms with Gasteiger partial charge in [-0.25, -0.2) is 9.18 Å². The maximum absolute atomic E-state index is 13.8. The summed E-state index contributed by atoms with van der Waals surface area (Å²) in [6.07, 6.45) is -0.253. The Labute approximate surface area is 198 Å². The fraction of sp³-hybridized carbons (Fsp3) is 0.474. The Morgan fingerprint density at radius 2 is 2.03 bits per heavy atom. The first-order valence-corrected chi connectivity index (χ1v) is 11.8. The molecule has 3 N–H and O–H groups in total. The van der Waals surface area contributed by atoms with Crippen LogP contribution >= 0.6 is 20.4 Å². The lowest BCUT2D eigenvalue weighted by Crippen LogP contribution is -2.47. The van der Waals surface area contributed by atoms with E-state index in [1.165, 1.54) is 0 Å². The van der Waals surface area contributed by atoms with Crippen molar-refractivity contribution in [2.75, 3.05) is 7.11 Å². The molecule has 2 aliphatic heterocycles. The van der Waals surface area contributed by atoms with E-state index in [0.717, 1.165) is 34.6 Å². The highest BCUT2D eigenvalue weighted by molar-refractivity contribution is 7.71. The number of aromatic amines is 1.